The van der Waals surface area contributed by atoms with Crippen molar-refractivity contribution >= 4 is 28.9 Å². The van der Waals surface area contributed by atoms with Crippen LogP contribution < -0.4 is 0 Å². The zero-order valence-electron chi connectivity index (χ0n) is 9.71. The maximum Gasteiger partial charge on any atom is 0.170 e. The first-order valence-electron chi connectivity index (χ1n) is 5.75. The largest absolute Gasteiger partial charge is 0.333 e. The number of thioether (sulfide) groups is 1. The minimum absolute atomic E-state index is 0.920. The van der Waals surface area contributed by atoms with Crippen LogP contribution in [0.2, 0.25) is 0 Å². The number of nitrogens with one attached hydrogen (secondary N) is 1. The first-order valence-corrected chi connectivity index (χ1v) is 6.63. The molecule has 1 heterocycles. The molecule has 0 aliphatic carbocycles. The lowest BCUT2D eigenvalue weighted by Crippen LogP contribution is -1.70. The summed E-state index contributed by atoms with van der Waals surface area (Å²) >= 11 is 1.59. The van der Waals surface area contributed by atoms with Crippen LogP contribution in [0.4, 0.5) is 0 Å². The van der Waals surface area contributed by atoms with Gasteiger partial charge in [-0.3, -0.25) is 0 Å². The molecule has 0 saturated heterocycles. The normalized spacial score (nSPS) is 11.3. The Labute approximate surface area is 110 Å². The number of para-hydroxylation sites is 2. The second kappa shape index (κ2) is 5.10. The lowest BCUT2D eigenvalue weighted by Gasteiger charge is -1.90. The molecule has 0 atom stereocenters. The summed E-state index contributed by atoms with van der Waals surface area (Å²) < 4.78 is 0. The van der Waals surface area contributed by atoms with Gasteiger partial charge in [-0.05, 0) is 29.2 Å². The summed E-state index contributed by atoms with van der Waals surface area (Å²) in [5.41, 5.74) is 3.28. The van der Waals surface area contributed by atoms with Gasteiger partial charge in [0.1, 0.15) is 0 Å². The molecule has 0 unspecified atom stereocenters. The van der Waals surface area contributed by atoms with Crippen molar-refractivity contribution < 1.29 is 0 Å². The van der Waals surface area contributed by atoms with Crippen LogP contribution in [-0.4, -0.2) is 9.97 Å². The summed E-state index contributed by atoms with van der Waals surface area (Å²) in [6.07, 6.45) is 2.08. The quantitative estimate of drug-likeness (QED) is 0.703. The lowest BCUT2D eigenvalue weighted by atomic mass is 10.2. The van der Waals surface area contributed by atoms with Gasteiger partial charge in [0, 0.05) is 0 Å². The SMILES string of the molecule is C(=Cc1ccccc1)Sc1nc2ccccc2[nH]1. The van der Waals surface area contributed by atoms with Crippen molar-refractivity contribution in [3.63, 3.8) is 0 Å². The maximum atomic E-state index is 4.50. The molecule has 1 aromatic heterocycles. The molecule has 88 valence electrons. The molecule has 0 aliphatic rings. The Balaban J connectivity index is 1.75. The summed E-state index contributed by atoms with van der Waals surface area (Å²) in [7, 11) is 0. The minimum atomic E-state index is 0.920. The van der Waals surface area contributed by atoms with E-state index in [1.54, 1.807) is 11.8 Å². The summed E-state index contributed by atoms with van der Waals surface area (Å²) in [6, 6.07) is 18.3. The zero-order chi connectivity index (χ0) is 12.2. The van der Waals surface area contributed by atoms with E-state index in [1.165, 1.54) is 5.56 Å². The van der Waals surface area contributed by atoms with Crippen LogP contribution >= 0.6 is 11.8 Å². The highest BCUT2D eigenvalue weighted by Crippen LogP contribution is 2.20. The fourth-order valence-corrected chi connectivity index (χ4v) is 2.40. The van der Waals surface area contributed by atoms with E-state index < -0.39 is 0 Å². The topological polar surface area (TPSA) is 28.7 Å². The van der Waals surface area contributed by atoms with E-state index in [0.29, 0.717) is 0 Å². The number of aromatic nitrogens is 2. The van der Waals surface area contributed by atoms with Crippen molar-refractivity contribution in [3.05, 3.63) is 65.6 Å². The van der Waals surface area contributed by atoms with E-state index in [9.17, 15) is 0 Å². The van der Waals surface area contributed by atoms with Crippen molar-refractivity contribution in [1.29, 1.82) is 0 Å². The molecule has 2 aromatic carbocycles. The van der Waals surface area contributed by atoms with Gasteiger partial charge in [-0.1, -0.05) is 54.2 Å². The Morgan fingerprint density at radius 3 is 2.56 bits per heavy atom. The predicted octanol–water partition coefficient (Wildman–Crippen LogP) is 4.33. The average Bonchev–Trinajstić information content (AvgIpc) is 2.82. The Morgan fingerprint density at radius 1 is 0.944 bits per heavy atom. The van der Waals surface area contributed by atoms with Gasteiger partial charge in [0.05, 0.1) is 11.0 Å². The number of nitrogens with zero attached hydrogens (tertiary/aromatic N) is 1. The van der Waals surface area contributed by atoms with Crippen molar-refractivity contribution in [2.24, 2.45) is 0 Å². The molecule has 0 radical (unpaired) electrons. The third kappa shape index (κ3) is 2.46. The van der Waals surface area contributed by atoms with Crippen LogP contribution in [0.1, 0.15) is 5.56 Å². The van der Waals surface area contributed by atoms with Gasteiger partial charge >= 0.3 is 0 Å². The number of H-pyrrole nitrogens is 1. The summed E-state index contributed by atoms with van der Waals surface area (Å²) in [5, 5.41) is 2.97. The fourth-order valence-electron chi connectivity index (χ4n) is 1.73. The summed E-state index contributed by atoms with van der Waals surface area (Å²) in [6.45, 7) is 0. The molecular formula is C15H12N2S. The third-order valence-corrected chi connectivity index (χ3v) is 3.30. The van der Waals surface area contributed by atoms with Gasteiger partial charge in [0.15, 0.2) is 5.16 Å². The molecule has 3 aromatic rings. The highest BCUT2D eigenvalue weighted by atomic mass is 32.2. The van der Waals surface area contributed by atoms with Crippen LogP contribution in [0.5, 0.6) is 0 Å². The molecule has 0 aliphatic heterocycles. The second-order valence-corrected chi connectivity index (χ2v) is 4.78. The van der Waals surface area contributed by atoms with Gasteiger partial charge in [-0.15, -0.1) is 0 Å². The Morgan fingerprint density at radius 2 is 1.72 bits per heavy atom. The predicted molar refractivity (Wildman–Crippen MR) is 77.4 cm³/mol. The molecule has 0 bridgehead atoms. The van der Waals surface area contributed by atoms with E-state index in [-0.39, 0.29) is 0 Å². The van der Waals surface area contributed by atoms with Crippen LogP contribution in [0, 0.1) is 0 Å². The number of benzene rings is 2. The fraction of sp³-hybridized carbons (Fsp3) is 0. The van der Waals surface area contributed by atoms with Crippen molar-refractivity contribution in [3.8, 4) is 0 Å². The second-order valence-electron chi connectivity index (χ2n) is 3.89. The van der Waals surface area contributed by atoms with E-state index in [2.05, 4.69) is 28.2 Å². The van der Waals surface area contributed by atoms with Gasteiger partial charge in [0.25, 0.3) is 0 Å². The van der Waals surface area contributed by atoms with Crippen LogP contribution in [0.25, 0.3) is 17.1 Å². The molecule has 3 heteroatoms. The van der Waals surface area contributed by atoms with Crippen LogP contribution in [-0.2, 0) is 0 Å². The summed E-state index contributed by atoms with van der Waals surface area (Å²) in [5.74, 6) is 0. The molecule has 2 nitrogen and oxygen atoms in total. The van der Waals surface area contributed by atoms with Gasteiger partial charge < -0.3 is 4.98 Å². The molecule has 0 fully saturated rings. The smallest absolute Gasteiger partial charge is 0.170 e. The summed E-state index contributed by atoms with van der Waals surface area (Å²) in [4.78, 5) is 7.78. The first-order chi connectivity index (χ1) is 8.92. The molecule has 0 saturated carbocycles. The Bertz CT molecular complexity index is 638. The Kier molecular flexibility index (Phi) is 3.15. The molecule has 1 N–H and O–H groups in total. The molecule has 0 spiro atoms. The zero-order valence-corrected chi connectivity index (χ0v) is 10.5. The third-order valence-electron chi connectivity index (χ3n) is 2.61. The molecular weight excluding hydrogens is 240 g/mol. The monoisotopic (exact) mass is 252 g/mol. The number of fused-ring (bicyclic) bond motifs is 1. The van der Waals surface area contributed by atoms with Gasteiger partial charge in [-0.2, -0.15) is 0 Å². The standard InChI is InChI=1S/C15H12N2S/c1-2-6-12(7-3-1)10-11-18-15-16-13-8-4-5-9-14(13)17-15/h1-11H,(H,16,17). The molecule has 3 rings (SSSR count). The highest BCUT2D eigenvalue weighted by molar-refractivity contribution is 8.02. The van der Waals surface area contributed by atoms with Crippen molar-refractivity contribution in [2.45, 2.75) is 5.16 Å². The Hall–Kier alpha value is -2.00. The number of aromatic amines is 1. The van der Waals surface area contributed by atoms with E-state index >= 15 is 0 Å². The van der Waals surface area contributed by atoms with Gasteiger partial charge in [0.2, 0.25) is 0 Å². The average molecular weight is 252 g/mol. The van der Waals surface area contributed by atoms with E-state index in [1.807, 2.05) is 47.9 Å². The highest BCUT2D eigenvalue weighted by Gasteiger charge is 1.99. The number of rotatable bonds is 3. The number of hydrogen-bond donors (Lipinski definition) is 1. The van der Waals surface area contributed by atoms with E-state index in [4.69, 9.17) is 0 Å². The first kappa shape index (κ1) is 11.1. The van der Waals surface area contributed by atoms with Crippen molar-refractivity contribution in [1.82, 2.24) is 9.97 Å². The number of imidazole rings is 1. The maximum absolute atomic E-state index is 4.50. The van der Waals surface area contributed by atoms with Gasteiger partial charge in [-0.25, -0.2) is 4.98 Å². The van der Waals surface area contributed by atoms with Crippen LogP contribution in [0.15, 0.2) is 65.2 Å². The van der Waals surface area contributed by atoms with Crippen molar-refractivity contribution in [2.75, 3.05) is 0 Å². The minimum Gasteiger partial charge on any atom is -0.333 e. The van der Waals surface area contributed by atoms with Crippen LogP contribution in [0.3, 0.4) is 0 Å². The lowest BCUT2D eigenvalue weighted by molar-refractivity contribution is 1.09. The number of hydrogen-bond acceptors (Lipinski definition) is 2. The van der Waals surface area contributed by atoms with E-state index in [0.717, 1.165) is 16.2 Å². The molecule has 0 amide bonds. The molecule has 18 heavy (non-hydrogen) atoms.